The van der Waals surface area contributed by atoms with Gasteiger partial charge in [-0.2, -0.15) is 0 Å². The largest absolute Gasteiger partial charge is 0.405 e. The molecule has 0 fully saturated rings. The van der Waals surface area contributed by atoms with Crippen LogP contribution < -0.4 is 11.5 Å². The van der Waals surface area contributed by atoms with Crippen molar-refractivity contribution in [2.75, 3.05) is 13.2 Å². The molecule has 15 heavy (non-hydrogen) atoms. The lowest BCUT2D eigenvalue weighted by molar-refractivity contribution is 0.0599. The summed E-state index contributed by atoms with van der Waals surface area (Å²) in [5.41, 5.74) is 12.5. The Morgan fingerprint density at radius 2 is 2.13 bits per heavy atom. The van der Waals surface area contributed by atoms with Gasteiger partial charge in [0.2, 0.25) is 0 Å². The van der Waals surface area contributed by atoms with Gasteiger partial charge in [-0.05, 0) is 32.0 Å². The Morgan fingerprint density at radius 3 is 2.53 bits per heavy atom. The van der Waals surface area contributed by atoms with Crippen molar-refractivity contribution in [2.45, 2.75) is 46.6 Å². The minimum atomic E-state index is 0.0540. The molecular formula is C12H26N2O. The van der Waals surface area contributed by atoms with E-state index in [4.69, 9.17) is 16.2 Å². The first kappa shape index (κ1) is 14.5. The average molecular weight is 214 g/mol. The topological polar surface area (TPSA) is 61.3 Å². The molecule has 3 nitrogen and oxygen atoms in total. The van der Waals surface area contributed by atoms with Crippen molar-refractivity contribution >= 4 is 0 Å². The van der Waals surface area contributed by atoms with E-state index in [9.17, 15) is 0 Å². The van der Waals surface area contributed by atoms with Crippen LogP contribution in [0.5, 0.6) is 0 Å². The lowest BCUT2D eigenvalue weighted by Crippen LogP contribution is -2.29. The zero-order chi connectivity index (χ0) is 11.9. The van der Waals surface area contributed by atoms with E-state index in [-0.39, 0.29) is 11.5 Å². The van der Waals surface area contributed by atoms with E-state index in [0.29, 0.717) is 13.2 Å². The predicted molar refractivity (Wildman–Crippen MR) is 65.4 cm³/mol. The third-order valence-corrected chi connectivity index (χ3v) is 2.81. The number of nitrogens with two attached hydrogens (primary N) is 2. The SMILES string of the molecule is CCC[C@@](C)(COC[C@@H](C)N)/C(C)=C/N. The van der Waals surface area contributed by atoms with Gasteiger partial charge in [-0.15, -0.1) is 0 Å². The fourth-order valence-electron chi connectivity index (χ4n) is 1.61. The highest BCUT2D eigenvalue weighted by Crippen LogP contribution is 2.31. The predicted octanol–water partition coefficient (Wildman–Crippen LogP) is 2.02. The summed E-state index contributed by atoms with van der Waals surface area (Å²) in [5, 5.41) is 0. The van der Waals surface area contributed by atoms with Crippen molar-refractivity contribution in [1.82, 2.24) is 0 Å². The van der Waals surface area contributed by atoms with Crippen LogP contribution in [0.25, 0.3) is 0 Å². The number of hydrogen-bond donors (Lipinski definition) is 2. The number of ether oxygens (including phenoxy) is 1. The molecule has 0 radical (unpaired) electrons. The minimum absolute atomic E-state index is 0.0540. The van der Waals surface area contributed by atoms with Crippen LogP contribution in [-0.4, -0.2) is 19.3 Å². The lowest BCUT2D eigenvalue weighted by Gasteiger charge is -2.30. The fourth-order valence-corrected chi connectivity index (χ4v) is 1.61. The van der Waals surface area contributed by atoms with Gasteiger partial charge in [-0.25, -0.2) is 0 Å². The Morgan fingerprint density at radius 1 is 1.53 bits per heavy atom. The maximum absolute atomic E-state index is 5.64. The van der Waals surface area contributed by atoms with Crippen LogP contribution in [0.1, 0.15) is 40.5 Å². The van der Waals surface area contributed by atoms with Crippen LogP contribution in [-0.2, 0) is 4.74 Å². The summed E-state index contributed by atoms with van der Waals surface area (Å²) in [4.78, 5) is 0. The van der Waals surface area contributed by atoms with Crippen molar-refractivity contribution in [3.63, 3.8) is 0 Å². The van der Waals surface area contributed by atoms with Crippen LogP contribution in [0.3, 0.4) is 0 Å². The van der Waals surface area contributed by atoms with Gasteiger partial charge in [0.05, 0.1) is 13.2 Å². The summed E-state index contributed by atoms with van der Waals surface area (Å²) in [5.74, 6) is 0. The van der Waals surface area contributed by atoms with Gasteiger partial charge in [-0.1, -0.05) is 20.3 Å². The van der Waals surface area contributed by atoms with E-state index >= 15 is 0 Å². The zero-order valence-electron chi connectivity index (χ0n) is 10.5. The Bertz CT molecular complexity index is 202. The summed E-state index contributed by atoms with van der Waals surface area (Å²) in [6.45, 7) is 9.68. The second-order valence-corrected chi connectivity index (χ2v) is 4.65. The van der Waals surface area contributed by atoms with Crippen LogP contribution in [0.4, 0.5) is 0 Å². The Labute approximate surface area is 93.9 Å². The maximum atomic E-state index is 5.64. The first-order valence-electron chi connectivity index (χ1n) is 5.68. The molecule has 0 aliphatic carbocycles. The molecule has 0 spiro atoms. The normalized spacial score (nSPS) is 18.6. The van der Waals surface area contributed by atoms with Gasteiger partial charge in [0.25, 0.3) is 0 Å². The monoisotopic (exact) mass is 214 g/mol. The third-order valence-electron chi connectivity index (χ3n) is 2.81. The van der Waals surface area contributed by atoms with E-state index in [0.717, 1.165) is 12.8 Å². The molecular weight excluding hydrogens is 188 g/mol. The molecule has 4 N–H and O–H groups in total. The zero-order valence-corrected chi connectivity index (χ0v) is 10.5. The number of rotatable bonds is 7. The molecule has 0 aliphatic heterocycles. The summed E-state index contributed by atoms with van der Waals surface area (Å²) in [7, 11) is 0. The van der Waals surface area contributed by atoms with E-state index in [1.807, 2.05) is 6.92 Å². The fraction of sp³-hybridized carbons (Fsp3) is 0.833. The number of hydrogen-bond acceptors (Lipinski definition) is 3. The van der Waals surface area contributed by atoms with Crippen LogP contribution >= 0.6 is 0 Å². The van der Waals surface area contributed by atoms with Gasteiger partial charge in [0.15, 0.2) is 0 Å². The Hall–Kier alpha value is -0.540. The molecule has 0 amide bonds. The Kier molecular flexibility index (Phi) is 6.61. The second-order valence-electron chi connectivity index (χ2n) is 4.65. The van der Waals surface area contributed by atoms with E-state index < -0.39 is 0 Å². The molecule has 0 aliphatic rings. The quantitative estimate of drug-likeness (QED) is 0.681. The van der Waals surface area contributed by atoms with Crippen LogP contribution in [0.2, 0.25) is 0 Å². The molecule has 0 unspecified atom stereocenters. The molecule has 0 rings (SSSR count). The van der Waals surface area contributed by atoms with Gasteiger partial charge in [0, 0.05) is 11.5 Å². The van der Waals surface area contributed by atoms with Gasteiger partial charge in [-0.3, -0.25) is 0 Å². The van der Waals surface area contributed by atoms with Crippen molar-refractivity contribution in [2.24, 2.45) is 16.9 Å². The summed E-state index contributed by atoms with van der Waals surface area (Å²) in [6.07, 6.45) is 3.90. The minimum Gasteiger partial charge on any atom is -0.405 e. The van der Waals surface area contributed by atoms with E-state index in [2.05, 4.69) is 20.8 Å². The third kappa shape index (κ3) is 5.19. The smallest absolute Gasteiger partial charge is 0.0615 e. The standard InChI is InChI=1S/C12H26N2O/c1-5-6-12(4,10(2)7-13)9-15-8-11(3)14/h7,11H,5-6,8-9,13-14H2,1-4H3/b10-7+/t11-,12+/m1/s1. The molecule has 0 saturated carbocycles. The summed E-state index contributed by atoms with van der Waals surface area (Å²) < 4.78 is 5.61. The molecule has 3 heteroatoms. The highest BCUT2D eigenvalue weighted by atomic mass is 16.5. The first-order valence-corrected chi connectivity index (χ1v) is 5.68. The highest BCUT2D eigenvalue weighted by molar-refractivity contribution is 5.09. The summed E-state index contributed by atoms with van der Waals surface area (Å²) >= 11 is 0. The van der Waals surface area contributed by atoms with Gasteiger partial charge >= 0.3 is 0 Å². The molecule has 0 aromatic carbocycles. The average Bonchev–Trinajstić information content (AvgIpc) is 2.16. The summed E-state index contributed by atoms with van der Waals surface area (Å²) in [6, 6.07) is 0.0954. The van der Waals surface area contributed by atoms with Gasteiger partial charge in [0.1, 0.15) is 0 Å². The van der Waals surface area contributed by atoms with E-state index in [1.165, 1.54) is 5.57 Å². The molecule has 2 atom stereocenters. The van der Waals surface area contributed by atoms with Crippen LogP contribution in [0.15, 0.2) is 11.8 Å². The molecule has 0 heterocycles. The van der Waals surface area contributed by atoms with Crippen molar-refractivity contribution in [3.05, 3.63) is 11.8 Å². The molecule has 0 bridgehead atoms. The lowest BCUT2D eigenvalue weighted by atomic mass is 9.80. The Balaban J connectivity index is 4.26. The highest BCUT2D eigenvalue weighted by Gasteiger charge is 2.25. The van der Waals surface area contributed by atoms with E-state index in [1.54, 1.807) is 6.20 Å². The van der Waals surface area contributed by atoms with Crippen molar-refractivity contribution in [3.8, 4) is 0 Å². The molecule has 0 saturated heterocycles. The molecule has 0 aromatic rings. The van der Waals surface area contributed by atoms with Crippen molar-refractivity contribution < 1.29 is 4.74 Å². The second kappa shape index (κ2) is 6.85. The van der Waals surface area contributed by atoms with Gasteiger partial charge < -0.3 is 16.2 Å². The van der Waals surface area contributed by atoms with Crippen LogP contribution in [0, 0.1) is 5.41 Å². The first-order chi connectivity index (χ1) is 6.96. The molecule has 0 aromatic heterocycles. The maximum Gasteiger partial charge on any atom is 0.0615 e. The molecule has 90 valence electrons. The van der Waals surface area contributed by atoms with Crippen molar-refractivity contribution in [1.29, 1.82) is 0 Å².